The van der Waals surface area contributed by atoms with Gasteiger partial charge in [0.15, 0.2) is 0 Å². The minimum atomic E-state index is -0.335. The first-order valence-corrected chi connectivity index (χ1v) is 16.1. The van der Waals surface area contributed by atoms with Crippen molar-refractivity contribution in [3.63, 3.8) is 0 Å². The van der Waals surface area contributed by atoms with E-state index in [4.69, 9.17) is 0 Å². The molecule has 3 aromatic rings. The van der Waals surface area contributed by atoms with Crippen molar-refractivity contribution in [2.24, 2.45) is 0 Å². The molecule has 0 spiro atoms. The molecule has 0 nitrogen and oxygen atoms in total. The summed E-state index contributed by atoms with van der Waals surface area (Å²) in [5.41, 5.74) is 11.5. The van der Waals surface area contributed by atoms with Gasteiger partial charge in [0.25, 0.3) is 0 Å². The predicted octanol–water partition coefficient (Wildman–Crippen LogP) is 10.6. The second-order valence-corrected chi connectivity index (χ2v) is 17.4. The third-order valence-corrected chi connectivity index (χ3v) is 8.81. The van der Waals surface area contributed by atoms with Gasteiger partial charge in [-0.25, -0.2) is 0 Å². The fraction of sp³-hybridized carbons (Fsp3) is 0.500. The SMILES string of the molecule is CP(C)c1c(-c2cc(C(C)(C)C)cc(C(C)(C)C)c2)cccc1-c1cc(C(C)(C)C)cc(C(C)(C)C)c1. The molecular formula is C36H51P. The van der Waals surface area contributed by atoms with Gasteiger partial charge in [0, 0.05) is 0 Å². The van der Waals surface area contributed by atoms with E-state index in [0.29, 0.717) is 0 Å². The Morgan fingerprint density at radius 1 is 0.432 bits per heavy atom. The van der Waals surface area contributed by atoms with Crippen LogP contribution in [0.5, 0.6) is 0 Å². The summed E-state index contributed by atoms with van der Waals surface area (Å²) in [4.78, 5) is 0. The minimum absolute atomic E-state index is 0.0968. The first-order valence-electron chi connectivity index (χ1n) is 13.8. The molecule has 37 heavy (non-hydrogen) atoms. The van der Waals surface area contributed by atoms with Gasteiger partial charge in [-0.2, -0.15) is 0 Å². The van der Waals surface area contributed by atoms with Crippen LogP contribution in [0.3, 0.4) is 0 Å². The molecule has 0 saturated heterocycles. The molecule has 0 bridgehead atoms. The highest BCUT2D eigenvalue weighted by Crippen LogP contribution is 2.41. The van der Waals surface area contributed by atoms with E-state index >= 15 is 0 Å². The number of rotatable bonds is 3. The molecule has 0 aliphatic rings. The van der Waals surface area contributed by atoms with Crippen molar-refractivity contribution in [1.82, 2.24) is 0 Å². The molecule has 0 radical (unpaired) electrons. The third-order valence-electron chi connectivity index (χ3n) is 7.44. The van der Waals surface area contributed by atoms with Gasteiger partial charge >= 0.3 is 0 Å². The Morgan fingerprint density at radius 2 is 0.703 bits per heavy atom. The zero-order chi connectivity index (χ0) is 28.1. The average Bonchev–Trinajstić information content (AvgIpc) is 2.75. The van der Waals surface area contributed by atoms with Gasteiger partial charge < -0.3 is 0 Å². The third kappa shape index (κ3) is 6.75. The van der Waals surface area contributed by atoms with Crippen molar-refractivity contribution in [1.29, 1.82) is 0 Å². The quantitative estimate of drug-likeness (QED) is 0.305. The Bertz CT molecular complexity index is 1100. The first kappa shape index (κ1) is 29.6. The zero-order valence-electron chi connectivity index (χ0n) is 26.1. The van der Waals surface area contributed by atoms with E-state index in [1.54, 1.807) is 0 Å². The average molecular weight is 515 g/mol. The second kappa shape index (κ2) is 10.0. The highest BCUT2D eigenvalue weighted by molar-refractivity contribution is 7.64. The highest BCUT2D eigenvalue weighted by atomic mass is 31.1. The standard InChI is InChI=1S/C36H51P/c1-33(2,3)26-18-24(19-27(22-26)34(4,5)6)30-16-15-17-31(32(30)37(13)14)25-20-28(35(7,8)9)23-29(21-25)36(10,11)12/h15-23H,1-14H3. The Balaban J connectivity index is 2.39. The van der Waals surface area contributed by atoms with Gasteiger partial charge in [-0.1, -0.05) is 146 Å². The van der Waals surface area contributed by atoms with Crippen molar-refractivity contribution in [2.45, 2.75) is 105 Å². The Labute approximate surface area is 230 Å². The molecule has 3 rings (SSSR count). The van der Waals surface area contributed by atoms with E-state index in [2.05, 4.69) is 151 Å². The van der Waals surface area contributed by atoms with Crippen LogP contribution in [0.4, 0.5) is 0 Å². The molecule has 0 N–H and O–H groups in total. The molecule has 0 aromatic heterocycles. The Hall–Kier alpha value is -1.91. The minimum Gasteiger partial charge on any atom is -0.0803 e. The molecule has 0 fully saturated rings. The van der Waals surface area contributed by atoms with E-state index in [1.807, 2.05) is 0 Å². The van der Waals surface area contributed by atoms with Crippen LogP contribution in [0.2, 0.25) is 0 Å². The lowest BCUT2D eigenvalue weighted by Gasteiger charge is -2.28. The van der Waals surface area contributed by atoms with Crippen LogP contribution in [0.25, 0.3) is 22.3 Å². The van der Waals surface area contributed by atoms with Gasteiger partial charge in [0.1, 0.15) is 0 Å². The maximum absolute atomic E-state index is 2.45. The van der Waals surface area contributed by atoms with Crippen LogP contribution in [-0.2, 0) is 21.7 Å². The normalized spacial score (nSPS) is 13.4. The van der Waals surface area contributed by atoms with Gasteiger partial charge in [0.05, 0.1) is 0 Å². The van der Waals surface area contributed by atoms with Crippen molar-refractivity contribution in [3.05, 3.63) is 76.9 Å². The second-order valence-electron chi connectivity index (χ2n) is 15.2. The van der Waals surface area contributed by atoms with Crippen LogP contribution in [-0.4, -0.2) is 13.3 Å². The van der Waals surface area contributed by atoms with Gasteiger partial charge in [-0.05, 0) is 84.8 Å². The summed E-state index contributed by atoms with van der Waals surface area (Å²) in [6.07, 6.45) is 0. The monoisotopic (exact) mass is 514 g/mol. The van der Waals surface area contributed by atoms with E-state index in [9.17, 15) is 0 Å². The molecule has 200 valence electrons. The molecule has 0 saturated carbocycles. The molecule has 0 aliphatic carbocycles. The Morgan fingerprint density at radius 3 is 0.919 bits per heavy atom. The largest absolute Gasteiger partial charge is 0.0803 e. The molecule has 0 aliphatic heterocycles. The molecule has 0 unspecified atom stereocenters. The fourth-order valence-corrected chi connectivity index (χ4v) is 6.16. The summed E-state index contributed by atoms with van der Waals surface area (Å²) in [5, 5.41) is 1.51. The van der Waals surface area contributed by atoms with E-state index in [0.717, 1.165) is 0 Å². The summed E-state index contributed by atoms with van der Waals surface area (Å²) in [6.45, 7) is 32.8. The maximum Gasteiger partial charge on any atom is -0.00895 e. The summed E-state index contributed by atoms with van der Waals surface area (Å²) in [5.74, 6) is 0. The topological polar surface area (TPSA) is 0 Å². The summed E-state index contributed by atoms with van der Waals surface area (Å²) < 4.78 is 0. The van der Waals surface area contributed by atoms with E-state index < -0.39 is 0 Å². The lowest BCUT2D eigenvalue weighted by Crippen LogP contribution is -2.18. The smallest absolute Gasteiger partial charge is 0.00895 e. The highest BCUT2D eigenvalue weighted by Gasteiger charge is 2.25. The molecule has 0 heterocycles. The maximum atomic E-state index is 2.45. The van der Waals surface area contributed by atoms with Gasteiger partial charge in [0.2, 0.25) is 0 Å². The lowest BCUT2D eigenvalue weighted by atomic mass is 9.78. The van der Waals surface area contributed by atoms with E-state index in [-0.39, 0.29) is 29.6 Å². The molecule has 3 aromatic carbocycles. The summed E-state index contributed by atoms with van der Waals surface area (Å²) >= 11 is 0. The van der Waals surface area contributed by atoms with Crippen LogP contribution in [0.15, 0.2) is 54.6 Å². The lowest BCUT2D eigenvalue weighted by molar-refractivity contribution is 0.568. The zero-order valence-corrected chi connectivity index (χ0v) is 27.0. The first-order chi connectivity index (χ1) is 16.7. The molecule has 1 heteroatoms. The van der Waals surface area contributed by atoms with Crippen LogP contribution < -0.4 is 5.30 Å². The molecule has 0 amide bonds. The van der Waals surface area contributed by atoms with Crippen LogP contribution in [0, 0.1) is 0 Å². The van der Waals surface area contributed by atoms with Crippen LogP contribution in [0.1, 0.15) is 105 Å². The van der Waals surface area contributed by atoms with Gasteiger partial charge in [-0.3, -0.25) is 0 Å². The van der Waals surface area contributed by atoms with Gasteiger partial charge in [-0.15, -0.1) is 0 Å². The van der Waals surface area contributed by atoms with Crippen LogP contribution >= 0.6 is 7.92 Å². The van der Waals surface area contributed by atoms with E-state index in [1.165, 1.54) is 49.8 Å². The fourth-order valence-electron chi connectivity index (χ4n) is 4.79. The van der Waals surface area contributed by atoms with Crippen molar-refractivity contribution in [3.8, 4) is 22.3 Å². The number of hydrogen-bond donors (Lipinski definition) is 0. The van der Waals surface area contributed by atoms with Crippen molar-refractivity contribution < 1.29 is 0 Å². The Kier molecular flexibility index (Phi) is 8.01. The predicted molar refractivity (Wildman–Crippen MR) is 171 cm³/mol. The van der Waals surface area contributed by atoms with Crippen molar-refractivity contribution >= 4 is 13.2 Å². The summed E-state index contributed by atoms with van der Waals surface area (Å²) in [6, 6.07) is 21.6. The number of benzene rings is 3. The van der Waals surface area contributed by atoms with Crippen molar-refractivity contribution in [2.75, 3.05) is 13.3 Å². The molecular weight excluding hydrogens is 463 g/mol. The molecule has 0 atom stereocenters. The summed E-state index contributed by atoms with van der Waals surface area (Å²) in [7, 11) is -0.335. The number of hydrogen-bond acceptors (Lipinski definition) is 0.